The van der Waals surface area contributed by atoms with E-state index in [4.69, 9.17) is 9.47 Å². The summed E-state index contributed by atoms with van der Waals surface area (Å²) in [4.78, 5) is 23.9. The van der Waals surface area contributed by atoms with Crippen LogP contribution in [-0.2, 0) is 9.53 Å². The Kier molecular flexibility index (Phi) is 5.78. The Labute approximate surface area is 140 Å². The number of hydrogen-bond donors (Lipinski definition) is 2. The third-order valence-corrected chi connectivity index (χ3v) is 3.44. The number of phenolic OH excluding ortho intramolecular Hbond substituents is 1. The smallest absolute Gasteiger partial charge is 0.342 e. The van der Waals surface area contributed by atoms with E-state index in [1.54, 1.807) is 0 Å². The Balaban J connectivity index is 1.91. The Morgan fingerprint density at radius 2 is 1.88 bits per heavy atom. The minimum atomic E-state index is -0.797. The van der Waals surface area contributed by atoms with E-state index in [-0.39, 0.29) is 17.4 Å². The van der Waals surface area contributed by atoms with Gasteiger partial charge in [-0.25, -0.2) is 4.79 Å². The van der Waals surface area contributed by atoms with Gasteiger partial charge < -0.3 is 19.9 Å². The van der Waals surface area contributed by atoms with Crippen LogP contribution in [0.4, 0.5) is 0 Å². The molecule has 0 radical (unpaired) electrons. The molecule has 0 fully saturated rings. The molecule has 0 spiro atoms. The van der Waals surface area contributed by atoms with Crippen LogP contribution in [-0.4, -0.2) is 30.7 Å². The molecule has 0 aliphatic heterocycles. The fourth-order valence-corrected chi connectivity index (χ4v) is 2.12. The second kappa shape index (κ2) is 8.01. The molecule has 1 atom stereocenters. The van der Waals surface area contributed by atoms with Gasteiger partial charge in [-0.1, -0.05) is 30.3 Å². The zero-order valence-corrected chi connectivity index (χ0v) is 13.5. The zero-order chi connectivity index (χ0) is 17.5. The number of aromatic hydroxyl groups is 1. The predicted octanol–water partition coefficient (Wildman–Crippen LogP) is 2.44. The fourth-order valence-electron chi connectivity index (χ4n) is 2.12. The van der Waals surface area contributed by atoms with Gasteiger partial charge in [0.25, 0.3) is 5.91 Å². The van der Waals surface area contributed by atoms with Crippen molar-refractivity contribution in [1.82, 2.24) is 5.32 Å². The fraction of sp³-hybridized carbons (Fsp3) is 0.222. The van der Waals surface area contributed by atoms with Crippen LogP contribution in [0.15, 0.2) is 48.5 Å². The molecular formula is C18H19NO5. The van der Waals surface area contributed by atoms with Gasteiger partial charge in [0.1, 0.15) is 17.1 Å². The molecule has 0 unspecified atom stereocenters. The summed E-state index contributed by atoms with van der Waals surface area (Å²) in [5, 5.41) is 12.4. The van der Waals surface area contributed by atoms with E-state index in [9.17, 15) is 14.7 Å². The van der Waals surface area contributed by atoms with Crippen molar-refractivity contribution >= 4 is 11.9 Å². The van der Waals surface area contributed by atoms with Crippen LogP contribution >= 0.6 is 0 Å². The molecule has 2 rings (SSSR count). The molecule has 0 heterocycles. The number of ether oxygens (including phenoxy) is 2. The summed E-state index contributed by atoms with van der Waals surface area (Å²) in [6, 6.07) is 13.4. The van der Waals surface area contributed by atoms with Gasteiger partial charge in [0, 0.05) is 0 Å². The highest BCUT2D eigenvalue weighted by Crippen LogP contribution is 2.23. The SMILES string of the molecule is COc1ccc(O)c(C(=O)OCC(=O)N[C@H](C)c2ccccc2)c1. The second-order valence-corrected chi connectivity index (χ2v) is 5.16. The van der Waals surface area contributed by atoms with E-state index in [0.29, 0.717) is 5.75 Å². The molecule has 0 aliphatic rings. The van der Waals surface area contributed by atoms with Gasteiger partial charge in [-0.2, -0.15) is 0 Å². The Hall–Kier alpha value is -3.02. The van der Waals surface area contributed by atoms with Crippen molar-refractivity contribution in [3.8, 4) is 11.5 Å². The van der Waals surface area contributed by atoms with Crippen molar-refractivity contribution in [3.05, 3.63) is 59.7 Å². The van der Waals surface area contributed by atoms with Gasteiger partial charge >= 0.3 is 5.97 Å². The number of rotatable bonds is 6. The summed E-state index contributed by atoms with van der Waals surface area (Å²) in [6.45, 7) is 1.40. The number of esters is 1. The highest BCUT2D eigenvalue weighted by molar-refractivity contribution is 5.94. The summed E-state index contributed by atoms with van der Waals surface area (Å²) in [5.41, 5.74) is 0.890. The summed E-state index contributed by atoms with van der Waals surface area (Å²) >= 11 is 0. The Bertz CT molecular complexity index is 715. The summed E-state index contributed by atoms with van der Waals surface area (Å²) < 4.78 is 9.93. The van der Waals surface area contributed by atoms with Crippen LogP contribution in [0.1, 0.15) is 28.9 Å². The third-order valence-electron chi connectivity index (χ3n) is 3.44. The first-order valence-corrected chi connectivity index (χ1v) is 7.39. The normalized spacial score (nSPS) is 11.4. The van der Waals surface area contributed by atoms with Gasteiger partial charge in [-0.15, -0.1) is 0 Å². The second-order valence-electron chi connectivity index (χ2n) is 5.16. The van der Waals surface area contributed by atoms with Crippen LogP contribution in [0.3, 0.4) is 0 Å². The van der Waals surface area contributed by atoms with Crippen LogP contribution < -0.4 is 10.1 Å². The number of carbonyl (C=O) groups is 2. The van der Waals surface area contributed by atoms with Crippen molar-refractivity contribution in [2.24, 2.45) is 0 Å². The molecule has 0 bridgehead atoms. The van der Waals surface area contributed by atoms with Gasteiger partial charge in [-0.3, -0.25) is 4.79 Å². The van der Waals surface area contributed by atoms with E-state index in [0.717, 1.165) is 5.56 Å². The first-order valence-electron chi connectivity index (χ1n) is 7.39. The van der Waals surface area contributed by atoms with Crippen molar-refractivity contribution in [3.63, 3.8) is 0 Å². The van der Waals surface area contributed by atoms with Crippen molar-refractivity contribution in [1.29, 1.82) is 0 Å². The zero-order valence-electron chi connectivity index (χ0n) is 13.5. The number of amides is 1. The maximum Gasteiger partial charge on any atom is 0.342 e. The summed E-state index contributed by atoms with van der Waals surface area (Å²) in [7, 11) is 1.44. The average Bonchev–Trinajstić information content (AvgIpc) is 2.60. The largest absolute Gasteiger partial charge is 0.507 e. The van der Waals surface area contributed by atoms with E-state index in [2.05, 4.69) is 5.32 Å². The molecule has 1 amide bonds. The van der Waals surface area contributed by atoms with E-state index >= 15 is 0 Å². The van der Waals surface area contributed by atoms with Crippen LogP contribution in [0.2, 0.25) is 0 Å². The molecule has 6 nitrogen and oxygen atoms in total. The Morgan fingerprint density at radius 1 is 1.17 bits per heavy atom. The number of nitrogens with one attached hydrogen (secondary N) is 1. The maximum atomic E-state index is 12.0. The molecule has 0 saturated heterocycles. The van der Waals surface area contributed by atoms with Crippen LogP contribution in [0.25, 0.3) is 0 Å². The molecule has 2 aromatic carbocycles. The lowest BCUT2D eigenvalue weighted by Gasteiger charge is -2.14. The number of benzene rings is 2. The maximum absolute atomic E-state index is 12.0. The molecular weight excluding hydrogens is 310 g/mol. The molecule has 2 N–H and O–H groups in total. The van der Waals surface area contributed by atoms with Crippen LogP contribution in [0.5, 0.6) is 11.5 Å². The third kappa shape index (κ3) is 4.49. The molecule has 6 heteroatoms. The predicted molar refractivity (Wildman–Crippen MR) is 87.9 cm³/mol. The molecule has 126 valence electrons. The topological polar surface area (TPSA) is 84.9 Å². The van der Waals surface area contributed by atoms with E-state index < -0.39 is 18.5 Å². The number of phenols is 1. The highest BCUT2D eigenvalue weighted by Gasteiger charge is 2.16. The van der Waals surface area contributed by atoms with Crippen molar-refractivity contribution < 1.29 is 24.2 Å². The summed E-state index contributed by atoms with van der Waals surface area (Å²) in [5.74, 6) is -1.06. The number of carbonyl (C=O) groups excluding carboxylic acids is 2. The first-order chi connectivity index (χ1) is 11.5. The lowest BCUT2D eigenvalue weighted by atomic mass is 10.1. The van der Waals surface area contributed by atoms with Gasteiger partial charge in [0.05, 0.1) is 13.2 Å². The molecule has 0 aliphatic carbocycles. The minimum Gasteiger partial charge on any atom is -0.507 e. The van der Waals surface area contributed by atoms with Gasteiger partial charge in [0.2, 0.25) is 0 Å². The average molecular weight is 329 g/mol. The standard InChI is InChI=1S/C18H19NO5/c1-12(13-6-4-3-5-7-13)19-17(21)11-24-18(22)15-10-14(23-2)8-9-16(15)20/h3-10,12,20H,11H2,1-2H3,(H,19,21)/t12-/m1/s1. The van der Waals surface area contributed by atoms with Crippen molar-refractivity contribution in [2.45, 2.75) is 13.0 Å². The first kappa shape index (κ1) is 17.3. The number of hydrogen-bond acceptors (Lipinski definition) is 5. The molecule has 24 heavy (non-hydrogen) atoms. The van der Waals surface area contributed by atoms with Crippen LogP contribution in [0, 0.1) is 0 Å². The molecule has 2 aromatic rings. The highest BCUT2D eigenvalue weighted by atomic mass is 16.5. The molecule has 0 aromatic heterocycles. The Morgan fingerprint density at radius 3 is 2.54 bits per heavy atom. The quantitative estimate of drug-likeness (QED) is 0.795. The van der Waals surface area contributed by atoms with Gasteiger partial charge in [0.15, 0.2) is 6.61 Å². The minimum absolute atomic E-state index is 0.0572. The van der Waals surface area contributed by atoms with E-state index in [1.165, 1.54) is 25.3 Å². The van der Waals surface area contributed by atoms with Crippen molar-refractivity contribution in [2.75, 3.05) is 13.7 Å². The summed E-state index contributed by atoms with van der Waals surface area (Å²) in [6.07, 6.45) is 0. The van der Waals surface area contributed by atoms with E-state index in [1.807, 2.05) is 37.3 Å². The van der Waals surface area contributed by atoms with Gasteiger partial charge in [-0.05, 0) is 30.7 Å². The number of methoxy groups -OCH3 is 1. The lowest BCUT2D eigenvalue weighted by molar-refractivity contribution is -0.124. The lowest BCUT2D eigenvalue weighted by Crippen LogP contribution is -2.31. The molecule has 0 saturated carbocycles. The monoisotopic (exact) mass is 329 g/mol.